The maximum Gasteiger partial charge on any atom is 0.273 e. The number of non-ortho nitro benzene ring substituents is 1. The number of rotatable bonds is 7. The fourth-order valence-electron chi connectivity index (χ4n) is 2.69. The zero-order chi connectivity index (χ0) is 22.4. The number of anilines is 1. The Hall–Kier alpha value is -4.47. The highest BCUT2D eigenvalue weighted by Crippen LogP contribution is 2.34. The van der Waals surface area contributed by atoms with E-state index in [1.165, 1.54) is 38.4 Å². The Bertz CT molecular complexity index is 1150. The summed E-state index contributed by atoms with van der Waals surface area (Å²) < 4.78 is 10.9. The van der Waals surface area contributed by atoms with E-state index in [0.717, 1.165) is 0 Å². The van der Waals surface area contributed by atoms with Crippen LogP contribution in [0.15, 0.2) is 64.1 Å². The molecule has 0 saturated heterocycles. The first-order valence-corrected chi connectivity index (χ1v) is 9.01. The van der Waals surface area contributed by atoms with Gasteiger partial charge in [-0.3, -0.25) is 19.7 Å². The lowest BCUT2D eigenvalue weighted by Crippen LogP contribution is -2.17. The molecule has 0 aliphatic carbocycles. The van der Waals surface area contributed by atoms with Crippen molar-refractivity contribution >= 4 is 29.4 Å². The van der Waals surface area contributed by atoms with Crippen molar-refractivity contribution in [1.82, 2.24) is 5.43 Å². The van der Waals surface area contributed by atoms with Gasteiger partial charge in [0.05, 0.1) is 29.9 Å². The molecule has 1 heterocycles. The van der Waals surface area contributed by atoms with Crippen LogP contribution in [0.3, 0.4) is 0 Å². The van der Waals surface area contributed by atoms with Gasteiger partial charge in [-0.1, -0.05) is 0 Å². The summed E-state index contributed by atoms with van der Waals surface area (Å²) in [6.45, 7) is 1.40. The number of benzene rings is 2. The molecule has 2 aromatic carbocycles. The van der Waals surface area contributed by atoms with Crippen molar-refractivity contribution in [2.75, 3.05) is 12.4 Å². The van der Waals surface area contributed by atoms with Gasteiger partial charge in [0.25, 0.3) is 11.6 Å². The zero-order valence-corrected chi connectivity index (χ0v) is 16.6. The van der Waals surface area contributed by atoms with Gasteiger partial charge in [-0.15, -0.1) is 0 Å². The Kier molecular flexibility index (Phi) is 6.41. The molecular weight excluding hydrogens is 404 g/mol. The predicted octanol–water partition coefficient (Wildman–Crippen LogP) is 3.59. The maximum atomic E-state index is 12.2. The van der Waals surface area contributed by atoms with Crippen molar-refractivity contribution < 1.29 is 23.7 Å². The molecule has 0 atom stereocenters. The molecule has 0 fully saturated rings. The number of nitrogens with one attached hydrogen (secondary N) is 2. The van der Waals surface area contributed by atoms with E-state index in [0.29, 0.717) is 34.1 Å². The molecule has 158 valence electrons. The number of nitro groups is 1. The van der Waals surface area contributed by atoms with Crippen LogP contribution in [0.2, 0.25) is 0 Å². The van der Waals surface area contributed by atoms with Crippen LogP contribution >= 0.6 is 0 Å². The van der Waals surface area contributed by atoms with Crippen molar-refractivity contribution in [1.29, 1.82) is 0 Å². The Morgan fingerprint density at radius 2 is 1.87 bits per heavy atom. The van der Waals surface area contributed by atoms with Crippen LogP contribution in [-0.2, 0) is 4.79 Å². The van der Waals surface area contributed by atoms with Gasteiger partial charge >= 0.3 is 0 Å². The number of nitro benzene ring substituents is 1. The number of hydrazone groups is 1. The van der Waals surface area contributed by atoms with E-state index in [9.17, 15) is 19.7 Å². The third kappa shape index (κ3) is 5.32. The number of carbonyl (C=O) groups is 2. The topological polar surface area (TPSA) is 136 Å². The summed E-state index contributed by atoms with van der Waals surface area (Å²) in [5, 5.41) is 17.4. The normalized spacial score (nSPS) is 10.6. The predicted molar refractivity (Wildman–Crippen MR) is 113 cm³/mol. The highest BCUT2D eigenvalue weighted by atomic mass is 16.6. The molecule has 10 heteroatoms. The van der Waals surface area contributed by atoms with Gasteiger partial charge in [-0.05, 0) is 42.5 Å². The zero-order valence-electron chi connectivity index (χ0n) is 16.6. The number of methoxy groups -OCH3 is 1. The van der Waals surface area contributed by atoms with Crippen LogP contribution in [0.25, 0.3) is 11.3 Å². The maximum absolute atomic E-state index is 12.2. The number of ether oxygens (including phenoxy) is 1. The molecule has 31 heavy (non-hydrogen) atoms. The van der Waals surface area contributed by atoms with Crippen molar-refractivity contribution in [2.24, 2.45) is 5.10 Å². The van der Waals surface area contributed by atoms with Crippen LogP contribution in [0.1, 0.15) is 23.0 Å². The molecule has 3 aromatic rings. The number of furan rings is 1. The second kappa shape index (κ2) is 9.35. The minimum atomic E-state index is -0.511. The van der Waals surface area contributed by atoms with Gasteiger partial charge in [0, 0.05) is 24.2 Å². The van der Waals surface area contributed by atoms with E-state index < -0.39 is 10.8 Å². The summed E-state index contributed by atoms with van der Waals surface area (Å²) in [7, 11) is 1.41. The number of carbonyl (C=O) groups excluding carboxylic acids is 2. The second-order valence-corrected chi connectivity index (χ2v) is 6.30. The van der Waals surface area contributed by atoms with Crippen LogP contribution in [0.5, 0.6) is 5.75 Å². The highest BCUT2D eigenvalue weighted by molar-refractivity contribution is 5.96. The lowest BCUT2D eigenvalue weighted by atomic mass is 10.1. The van der Waals surface area contributed by atoms with Gasteiger partial charge in [-0.2, -0.15) is 5.10 Å². The SMILES string of the molecule is COc1cc([N+](=O)[O-])ccc1-c1ccc(/C=N\NC(=O)c2ccc(NC(C)=O)cc2)o1. The Balaban J connectivity index is 1.66. The van der Waals surface area contributed by atoms with Gasteiger partial charge in [0.15, 0.2) is 0 Å². The lowest BCUT2D eigenvalue weighted by Gasteiger charge is -2.05. The van der Waals surface area contributed by atoms with E-state index in [1.807, 2.05) is 0 Å². The number of hydrogen-bond donors (Lipinski definition) is 2. The first-order chi connectivity index (χ1) is 14.9. The third-order valence-corrected chi connectivity index (χ3v) is 4.11. The Labute approximate surface area is 176 Å². The third-order valence-electron chi connectivity index (χ3n) is 4.11. The first kappa shape index (κ1) is 21.2. The molecule has 0 bridgehead atoms. The largest absolute Gasteiger partial charge is 0.496 e. The molecule has 0 spiro atoms. The number of amides is 2. The summed E-state index contributed by atoms with van der Waals surface area (Å²) in [5.74, 6) is 0.438. The van der Waals surface area contributed by atoms with Crippen LogP contribution in [0.4, 0.5) is 11.4 Å². The van der Waals surface area contributed by atoms with Crippen LogP contribution in [-0.4, -0.2) is 30.1 Å². The molecule has 2 N–H and O–H groups in total. The standard InChI is InChI=1S/C21H18N4O6/c1-13(26)23-15-5-3-14(4-6-15)21(27)24-22-12-17-8-10-19(31-17)18-9-7-16(25(28)29)11-20(18)30-2/h3-12H,1-2H3,(H,23,26)(H,24,27)/b22-12-. The minimum Gasteiger partial charge on any atom is -0.496 e. The smallest absolute Gasteiger partial charge is 0.273 e. The summed E-state index contributed by atoms with van der Waals surface area (Å²) >= 11 is 0. The summed E-state index contributed by atoms with van der Waals surface area (Å²) in [4.78, 5) is 33.6. The van der Waals surface area contributed by atoms with Crippen molar-refractivity contribution in [3.63, 3.8) is 0 Å². The second-order valence-electron chi connectivity index (χ2n) is 6.30. The molecular formula is C21H18N4O6. The van der Waals surface area contributed by atoms with Crippen LogP contribution < -0.4 is 15.5 Å². The fourth-order valence-corrected chi connectivity index (χ4v) is 2.69. The minimum absolute atomic E-state index is 0.0956. The molecule has 2 amide bonds. The fraction of sp³-hybridized carbons (Fsp3) is 0.0952. The Morgan fingerprint density at radius 1 is 1.13 bits per heavy atom. The average molecular weight is 422 g/mol. The molecule has 1 aromatic heterocycles. The summed E-state index contributed by atoms with van der Waals surface area (Å²) in [6.07, 6.45) is 1.32. The summed E-state index contributed by atoms with van der Waals surface area (Å²) in [5.41, 5.74) is 3.77. The van der Waals surface area contributed by atoms with Gasteiger partial charge < -0.3 is 14.5 Å². The van der Waals surface area contributed by atoms with Crippen molar-refractivity contribution in [2.45, 2.75) is 6.92 Å². The Morgan fingerprint density at radius 3 is 2.52 bits per heavy atom. The highest BCUT2D eigenvalue weighted by Gasteiger charge is 2.15. The quantitative estimate of drug-likeness (QED) is 0.339. The van der Waals surface area contributed by atoms with E-state index in [1.54, 1.807) is 36.4 Å². The summed E-state index contributed by atoms with van der Waals surface area (Å²) in [6, 6.07) is 13.8. The van der Waals surface area contributed by atoms with Crippen molar-refractivity contribution in [3.05, 3.63) is 76.0 Å². The first-order valence-electron chi connectivity index (χ1n) is 9.01. The van der Waals surface area contributed by atoms with E-state index in [2.05, 4.69) is 15.8 Å². The van der Waals surface area contributed by atoms with Crippen LogP contribution in [0, 0.1) is 10.1 Å². The lowest BCUT2D eigenvalue weighted by molar-refractivity contribution is -0.384. The molecule has 3 rings (SSSR count). The van der Waals surface area contributed by atoms with Gasteiger partial charge in [-0.25, -0.2) is 5.43 Å². The number of nitrogens with zero attached hydrogens (tertiary/aromatic N) is 2. The van der Waals surface area contributed by atoms with Crippen molar-refractivity contribution in [3.8, 4) is 17.1 Å². The molecule has 10 nitrogen and oxygen atoms in total. The average Bonchev–Trinajstić information content (AvgIpc) is 3.22. The monoisotopic (exact) mass is 422 g/mol. The molecule has 0 radical (unpaired) electrons. The van der Waals surface area contributed by atoms with E-state index in [4.69, 9.17) is 9.15 Å². The van der Waals surface area contributed by atoms with Gasteiger partial charge in [0.1, 0.15) is 17.3 Å². The molecule has 0 aliphatic rings. The molecule has 0 unspecified atom stereocenters. The number of hydrogen-bond acceptors (Lipinski definition) is 7. The molecule has 0 aliphatic heterocycles. The van der Waals surface area contributed by atoms with Gasteiger partial charge in [0.2, 0.25) is 5.91 Å². The van der Waals surface area contributed by atoms with E-state index >= 15 is 0 Å². The molecule has 0 saturated carbocycles. The van der Waals surface area contributed by atoms with E-state index in [-0.39, 0.29) is 11.6 Å².